The van der Waals surface area contributed by atoms with Gasteiger partial charge in [0, 0.05) is 19.5 Å². The highest BCUT2D eigenvalue weighted by Gasteiger charge is 1.99. The molecule has 0 aliphatic carbocycles. The van der Waals surface area contributed by atoms with Gasteiger partial charge in [-0.25, -0.2) is 0 Å². The van der Waals surface area contributed by atoms with Crippen molar-refractivity contribution in [2.45, 2.75) is 58.3 Å². The lowest BCUT2D eigenvalue weighted by Gasteiger charge is -2.07. The first-order chi connectivity index (χ1) is 18.2. The van der Waals surface area contributed by atoms with Crippen molar-refractivity contribution in [2.24, 2.45) is 0 Å². The second-order valence-corrected chi connectivity index (χ2v) is 8.57. The SMILES string of the molecule is CC/C=C\C/C=C\C/C=C\C/C=C\C/C=C\C/C=C\CCC(=O)NCCOCCOCCNC(=O)CBr. The van der Waals surface area contributed by atoms with E-state index in [4.69, 9.17) is 9.47 Å². The Hall–Kier alpha value is -2.22. The predicted octanol–water partition coefficient (Wildman–Crippen LogP) is 6.12. The molecule has 0 heterocycles. The minimum Gasteiger partial charge on any atom is -0.377 e. The molecule has 208 valence electrons. The molecule has 0 rings (SSSR count). The van der Waals surface area contributed by atoms with E-state index in [0.717, 1.165) is 44.9 Å². The van der Waals surface area contributed by atoms with Crippen molar-refractivity contribution in [2.75, 3.05) is 44.8 Å². The first kappa shape index (κ1) is 34.8. The van der Waals surface area contributed by atoms with E-state index in [9.17, 15) is 9.59 Å². The topological polar surface area (TPSA) is 76.7 Å². The quantitative estimate of drug-likeness (QED) is 0.0820. The Balaban J connectivity index is 3.49. The molecule has 2 N–H and O–H groups in total. The van der Waals surface area contributed by atoms with Gasteiger partial charge >= 0.3 is 0 Å². The maximum atomic E-state index is 11.8. The van der Waals surface area contributed by atoms with Crippen molar-refractivity contribution in [3.8, 4) is 0 Å². The molecule has 0 aliphatic rings. The van der Waals surface area contributed by atoms with Crippen molar-refractivity contribution in [3.63, 3.8) is 0 Å². The van der Waals surface area contributed by atoms with Crippen molar-refractivity contribution in [1.29, 1.82) is 0 Å². The van der Waals surface area contributed by atoms with Gasteiger partial charge in [0.15, 0.2) is 0 Å². The van der Waals surface area contributed by atoms with E-state index >= 15 is 0 Å². The Bertz CT molecular complexity index is 727. The zero-order chi connectivity index (χ0) is 27.1. The maximum Gasteiger partial charge on any atom is 0.230 e. The van der Waals surface area contributed by atoms with Crippen LogP contribution in [0.1, 0.15) is 58.3 Å². The number of rotatable bonds is 24. The molecule has 0 fully saturated rings. The molecule has 0 unspecified atom stereocenters. The van der Waals surface area contributed by atoms with Crippen molar-refractivity contribution >= 4 is 27.7 Å². The summed E-state index contributed by atoms with van der Waals surface area (Å²) in [6, 6.07) is 0. The van der Waals surface area contributed by atoms with E-state index in [2.05, 4.69) is 100 Å². The van der Waals surface area contributed by atoms with E-state index in [-0.39, 0.29) is 11.8 Å². The van der Waals surface area contributed by atoms with E-state index < -0.39 is 0 Å². The van der Waals surface area contributed by atoms with Gasteiger partial charge in [-0.05, 0) is 44.9 Å². The fourth-order valence-corrected chi connectivity index (χ4v) is 3.04. The van der Waals surface area contributed by atoms with Gasteiger partial charge in [0.2, 0.25) is 11.8 Å². The average Bonchev–Trinajstić information content (AvgIpc) is 2.90. The Morgan fingerprint density at radius 1 is 0.595 bits per heavy atom. The maximum absolute atomic E-state index is 11.8. The van der Waals surface area contributed by atoms with E-state index in [1.165, 1.54) is 0 Å². The number of nitrogens with one attached hydrogen (secondary N) is 2. The smallest absolute Gasteiger partial charge is 0.230 e. The van der Waals surface area contributed by atoms with Crippen molar-refractivity contribution in [1.82, 2.24) is 10.6 Å². The van der Waals surface area contributed by atoms with Gasteiger partial charge in [0.25, 0.3) is 0 Å². The summed E-state index contributed by atoms with van der Waals surface area (Å²) in [7, 11) is 0. The molecule has 0 aromatic heterocycles. The van der Waals surface area contributed by atoms with Gasteiger partial charge in [-0.1, -0.05) is 95.8 Å². The molecule has 0 atom stereocenters. The second kappa shape index (κ2) is 30.0. The molecule has 0 radical (unpaired) electrons. The molecule has 0 spiro atoms. The Morgan fingerprint density at radius 3 is 1.43 bits per heavy atom. The molecular weight excluding hydrogens is 532 g/mol. The molecule has 0 bridgehead atoms. The van der Waals surface area contributed by atoms with Crippen LogP contribution in [0.3, 0.4) is 0 Å². The van der Waals surface area contributed by atoms with Crippen LogP contribution in [0.5, 0.6) is 0 Å². The molecule has 2 amide bonds. The van der Waals surface area contributed by atoms with E-state index in [0.29, 0.717) is 51.3 Å². The molecule has 0 aliphatic heterocycles. The van der Waals surface area contributed by atoms with Gasteiger partial charge in [-0.15, -0.1) is 0 Å². The summed E-state index contributed by atoms with van der Waals surface area (Å²) in [5, 5.41) is 5.84. The summed E-state index contributed by atoms with van der Waals surface area (Å²) in [5.74, 6) is -0.0293. The highest BCUT2D eigenvalue weighted by atomic mass is 79.9. The minimum absolute atomic E-state index is 0.0295. The zero-order valence-electron chi connectivity index (χ0n) is 22.5. The van der Waals surface area contributed by atoms with Crippen LogP contribution in [-0.4, -0.2) is 56.7 Å². The Labute approximate surface area is 233 Å². The predicted molar refractivity (Wildman–Crippen MR) is 159 cm³/mol. The average molecular weight is 580 g/mol. The van der Waals surface area contributed by atoms with Gasteiger partial charge in [0.05, 0.1) is 31.8 Å². The van der Waals surface area contributed by atoms with Crippen LogP contribution in [-0.2, 0) is 19.1 Å². The number of ether oxygens (including phenoxy) is 2. The molecule has 0 aromatic carbocycles. The van der Waals surface area contributed by atoms with Crippen LogP contribution < -0.4 is 10.6 Å². The summed E-state index contributed by atoms with van der Waals surface area (Å²) in [6.45, 7) is 4.95. The molecule has 0 saturated heterocycles. The molecule has 6 nitrogen and oxygen atoms in total. The van der Waals surface area contributed by atoms with Gasteiger partial charge < -0.3 is 20.1 Å². The van der Waals surface area contributed by atoms with E-state index in [1.54, 1.807) is 0 Å². The monoisotopic (exact) mass is 578 g/mol. The highest BCUT2D eigenvalue weighted by Crippen LogP contribution is 1.98. The lowest BCUT2D eigenvalue weighted by Crippen LogP contribution is -2.28. The number of hydrogen-bond donors (Lipinski definition) is 2. The highest BCUT2D eigenvalue weighted by molar-refractivity contribution is 9.09. The third kappa shape index (κ3) is 29.9. The third-order valence-corrected chi connectivity index (χ3v) is 5.27. The molecule has 0 aromatic rings. The van der Waals surface area contributed by atoms with Crippen LogP contribution in [0, 0.1) is 0 Å². The standard InChI is InChI=1S/C30H47BrN2O4/c1-2-3-4-5-6-7-8-9-10-11-12-13-14-15-16-17-18-19-20-21-29(34)32-22-24-36-26-27-37-25-23-33-30(35)28-31/h3-4,6-7,9-10,12-13,15-16,18-19H,2,5,8,11,14,17,20-28H2,1H3,(H,32,34)(H,33,35)/b4-3-,7-6-,10-9-,13-12-,16-15-,19-18-. The number of halogens is 1. The molecule has 37 heavy (non-hydrogen) atoms. The summed E-state index contributed by atoms with van der Waals surface area (Å²) in [4.78, 5) is 22.8. The molecule has 7 heteroatoms. The normalized spacial score (nSPS) is 12.4. The second-order valence-electron chi connectivity index (χ2n) is 8.01. The number of carbonyl (C=O) groups is 2. The first-order valence-electron chi connectivity index (χ1n) is 13.4. The fourth-order valence-electron chi connectivity index (χ4n) is 2.84. The third-order valence-electron chi connectivity index (χ3n) is 4.77. The van der Waals surface area contributed by atoms with Crippen LogP contribution in [0.4, 0.5) is 0 Å². The van der Waals surface area contributed by atoms with Gasteiger partial charge in [-0.3, -0.25) is 9.59 Å². The van der Waals surface area contributed by atoms with Crippen LogP contribution in [0.2, 0.25) is 0 Å². The summed E-state index contributed by atoms with van der Waals surface area (Å²) in [6.07, 6.45) is 33.2. The van der Waals surface area contributed by atoms with Gasteiger partial charge in [-0.2, -0.15) is 0 Å². The summed E-state index contributed by atoms with van der Waals surface area (Å²) >= 11 is 3.08. The van der Waals surface area contributed by atoms with Crippen LogP contribution >= 0.6 is 15.9 Å². The summed E-state index contributed by atoms with van der Waals surface area (Å²) < 4.78 is 10.7. The number of allylic oxidation sites excluding steroid dienone is 12. The minimum atomic E-state index is -0.0589. The number of alkyl halides is 1. The first-order valence-corrected chi connectivity index (χ1v) is 14.5. The fraction of sp³-hybridized carbons (Fsp3) is 0.533. The lowest BCUT2D eigenvalue weighted by atomic mass is 10.2. The summed E-state index contributed by atoms with van der Waals surface area (Å²) in [5.41, 5.74) is 0. The van der Waals surface area contributed by atoms with Gasteiger partial charge in [0.1, 0.15) is 0 Å². The zero-order valence-corrected chi connectivity index (χ0v) is 24.1. The lowest BCUT2D eigenvalue weighted by molar-refractivity contribution is -0.121. The molecular formula is C30H47BrN2O4. The van der Waals surface area contributed by atoms with E-state index in [1.807, 2.05) is 6.08 Å². The van der Waals surface area contributed by atoms with Crippen LogP contribution in [0.15, 0.2) is 72.9 Å². The molecule has 0 saturated carbocycles. The number of amides is 2. The largest absolute Gasteiger partial charge is 0.377 e. The number of hydrogen-bond acceptors (Lipinski definition) is 4. The van der Waals surface area contributed by atoms with Crippen LogP contribution in [0.25, 0.3) is 0 Å². The Morgan fingerprint density at radius 2 is 1.00 bits per heavy atom. The van der Waals surface area contributed by atoms with Crippen molar-refractivity contribution < 1.29 is 19.1 Å². The number of carbonyl (C=O) groups excluding carboxylic acids is 2. The Kier molecular flexibility index (Phi) is 28.2. The van der Waals surface area contributed by atoms with Crippen molar-refractivity contribution in [3.05, 3.63) is 72.9 Å².